The molecule has 3 nitrogen and oxygen atoms in total. The van der Waals surface area contributed by atoms with Gasteiger partial charge < -0.3 is 9.64 Å². The summed E-state index contributed by atoms with van der Waals surface area (Å²) < 4.78 is 6.15. The van der Waals surface area contributed by atoms with E-state index in [2.05, 4.69) is 76.5 Å². The Bertz CT molecular complexity index is 1020. The lowest BCUT2D eigenvalue weighted by Gasteiger charge is -2.42. The molecule has 3 aromatic rings. The van der Waals surface area contributed by atoms with Gasteiger partial charge in [-0.25, -0.2) is 0 Å². The monoisotopic (exact) mass is 432 g/mol. The molecule has 31 heavy (non-hydrogen) atoms. The molecule has 4 heteroatoms. The molecular weight excluding hydrogens is 404 g/mol. The van der Waals surface area contributed by atoms with E-state index in [1.54, 1.807) is 0 Å². The lowest BCUT2D eigenvalue weighted by Crippen LogP contribution is -2.48. The Kier molecular flexibility index (Phi) is 5.99. The first-order chi connectivity index (χ1) is 15.3. The van der Waals surface area contributed by atoms with Crippen molar-refractivity contribution < 1.29 is 4.74 Å². The maximum absolute atomic E-state index is 6.42. The molecule has 2 heterocycles. The molecule has 5 rings (SSSR count). The molecule has 0 radical (unpaired) electrons. The predicted molar refractivity (Wildman–Crippen MR) is 128 cm³/mol. The topological polar surface area (TPSA) is 15.7 Å². The van der Waals surface area contributed by atoms with E-state index in [1.165, 1.54) is 16.7 Å². The molecule has 0 saturated carbocycles. The zero-order valence-electron chi connectivity index (χ0n) is 17.8. The molecule has 0 aromatic heterocycles. The molecule has 1 unspecified atom stereocenters. The minimum atomic E-state index is -0.0873. The molecule has 3 aromatic carbocycles. The van der Waals surface area contributed by atoms with Gasteiger partial charge in [-0.05, 0) is 41.8 Å². The standard InChI is InChI=1S/C27H29ClN2O/c28-25-12-6-7-13-26(25)30-18-16-29(17-19-30)15-14-27(23-9-2-1-3-10-23)21-31-20-22-8-4-5-11-24(22)27/h1-13H,14-21H2. The lowest BCUT2D eigenvalue weighted by molar-refractivity contribution is 0.0572. The minimum Gasteiger partial charge on any atom is -0.375 e. The maximum atomic E-state index is 6.42. The van der Waals surface area contributed by atoms with Crippen LogP contribution in [0.3, 0.4) is 0 Å². The first kappa shape index (κ1) is 20.6. The molecule has 0 amide bonds. The van der Waals surface area contributed by atoms with Crippen molar-refractivity contribution in [1.82, 2.24) is 4.90 Å². The van der Waals surface area contributed by atoms with E-state index in [0.717, 1.165) is 56.5 Å². The minimum absolute atomic E-state index is 0.0873. The van der Waals surface area contributed by atoms with E-state index in [0.29, 0.717) is 6.61 Å². The van der Waals surface area contributed by atoms with Crippen LogP contribution in [0.1, 0.15) is 23.1 Å². The normalized spacial score (nSPS) is 21.6. The van der Waals surface area contributed by atoms with Crippen molar-refractivity contribution in [3.05, 3.63) is 101 Å². The summed E-state index contributed by atoms with van der Waals surface area (Å²) in [6.45, 7) is 6.64. The van der Waals surface area contributed by atoms with Gasteiger partial charge in [-0.15, -0.1) is 0 Å². The number of halogens is 1. The Morgan fingerprint density at radius 2 is 1.52 bits per heavy atom. The third-order valence-corrected chi connectivity index (χ3v) is 7.21. The molecule has 0 spiro atoms. The highest BCUT2D eigenvalue weighted by Crippen LogP contribution is 2.41. The Labute approximate surface area is 190 Å². The van der Waals surface area contributed by atoms with Crippen molar-refractivity contribution in [2.45, 2.75) is 18.4 Å². The van der Waals surface area contributed by atoms with Crippen LogP contribution < -0.4 is 4.90 Å². The SMILES string of the molecule is Clc1ccccc1N1CCN(CCC2(c3ccccc3)COCc3ccccc32)CC1. The lowest BCUT2D eigenvalue weighted by atomic mass is 9.70. The number of anilines is 1. The van der Waals surface area contributed by atoms with E-state index >= 15 is 0 Å². The molecule has 1 fully saturated rings. The Hall–Kier alpha value is -2.33. The highest BCUT2D eigenvalue weighted by molar-refractivity contribution is 6.33. The number of rotatable bonds is 5. The summed E-state index contributed by atoms with van der Waals surface area (Å²) in [5.74, 6) is 0. The van der Waals surface area contributed by atoms with Gasteiger partial charge in [0.15, 0.2) is 0 Å². The van der Waals surface area contributed by atoms with Gasteiger partial charge in [0, 0.05) is 31.6 Å². The van der Waals surface area contributed by atoms with Gasteiger partial charge in [0.1, 0.15) is 0 Å². The molecule has 0 N–H and O–H groups in total. The molecular formula is C27H29ClN2O. The highest BCUT2D eigenvalue weighted by Gasteiger charge is 2.39. The average Bonchev–Trinajstić information content (AvgIpc) is 2.84. The fraction of sp³-hybridized carbons (Fsp3) is 0.333. The number of ether oxygens (including phenoxy) is 1. The summed E-state index contributed by atoms with van der Waals surface area (Å²) in [6.07, 6.45) is 1.06. The van der Waals surface area contributed by atoms with Crippen LogP contribution in [0.15, 0.2) is 78.9 Å². The molecule has 2 aliphatic rings. The van der Waals surface area contributed by atoms with Gasteiger partial charge in [0.05, 0.1) is 23.9 Å². The zero-order chi connectivity index (χ0) is 21.1. The van der Waals surface area contributed by atoms with Crippen LogP contribution in [0, 0.1) is 0 Å². The number of piperazine rings is 1. The Morgan fingerprint density at radius 3 is 2.32 bits per heavy atom. The average molecular weight is 433 g/mol. The third kappa shape index (κ3) is 4.10. The van der Waals surface area contributed by atoms with E-state index < -0.39 is 0 Å². The van der Waals surface area contributed by atoms with E-state index in [4.69, 9.17) is 16.3 Å². The fourth-order valence-electron chi connectivity index (χ4n) is 5.14. The number of fused-ring (bicyclic) bond motifs is 1. The summed E-state index contributed by atoms with van der Waals surface area (Å²) in [5, 5.41) is 0.843. The van der Waals surface area contributed by atoms with Gasteiger partial charge in [-0.2, -0.15) is 0 Å². The van der Waals surface area contributed by atoms with Crippen molar-refractivity contribution in [2.75, 3.05) is 44.2 Å². The second-order valence-corrected chi connectivity index (χ2v) is 9.04. The third-order valence-electron chi connectivity index (χ3n) is 6.89. The summed E-state index contributed by atoms with van der Waals surface area (Å²) in [7, 11) is 0. The highest BCUT2D eigenvalue weighted by atomic mass is 35.5. The molecule has 2 aliphatic heterocycles. The summed E-state index contributed by atoms with van der Waals surface area (Å²) >= 11 is 6.42. The molecule has 160 valence electrons. The van der Waals surface area contributed by atoms with Crippen LogP contribution in [0.4, 0.5) is 5.69 Å². The van der Waals surface area contributed by atoms with Crippen LogP contribution in [0.2, 0.25) is 5.02 Å². The van der Waals surface area contributed by atoms with Crippen molar-refractivity contribution in [3.63, 3.8) is 0 Å². The predicted octanol–water partition coefficient (Wildman–Crippen LogP) is 5.37. The molecule has 1 saturated heterocycles. The maximum Gasteiger partial charge on any atom is 0.0720 e. The second kappa shape index (κ2) is 9.04. The molecule has 0 aliphatic carbocycles. The van der Waals surface area contributed by atoms with Gasteiger partial charge in [0.25, 0.3) is 0 Å². The number of para-hydroxylation sites is 1. The van der Waals surface area contributed by atoms with E-state index in [-0.39, 0.29) is 5.41 Å². The summed E-state index contributed by atoms with van der Waals surface area (Å²) in [5.41, 5.74) is 5.18. The smallest absolute Gasteiger partial charge is 0.0720 e. The van der Waals surface area contributed by atoms with Gasteiger partial charge in [-0.3, -0.25) is 4.90 Å². The van der Waals surface area contributed by atoms with Crippen LogP contribution in [-0.2, 0) is 16.8 Å². The Morgan fingerprint density at radius 1 is 0.806 bits per heavy atom. The van der Waals surface area contributed by atoms with Crippen LogP contribution in [0.5, 0.6) is 0 Å². The second-order valence-electron chi connectivity index (χ2n) is 8.63. The van der Waals surface area contributed by atoms with Crippen molar-refractivity contribution in [3.8, 4) is 0 Å². The van der Waals surface area contributed by atoms with Crippen LogP contribution in [-0.4, -0.2) is 44.2 Å². The first-order valence-corrected chi connectivity index (χ1v) is 11.6. The molecule has 0 bridgehead atoms. The van der Waals surface area contributed by atoms with Crippen molar-refractivity contribution in [2.24, 2.45) is 0 Å². The summed E-state index contributed by atoms with van der Waals surface area (Å²) in [6, 6.07) is 27.9. The van der Waals surface area contributed by atoms with Crippen molar-refractivity contribution in [1.29, 1.82) is 0 Å². The molecule has 1 atom stereocenters. The largest absolute Gasteiger partial charge is 0.375 e. The van der Waals surface area contributed by atoms with Crippen molar-refractivity contribution >= 4 is 17.3 Å². The summed E-state index contributed by atoms with van der Waals surface area (Å²) in [4.78, 5) is 5.00. The fourth-order valence-corrected chi connectivity index (χ4v) is 5.40. The number of nitrogens with zero attached hydrogens (tertiary/aromatic N) is 2. The zero-order valence-corrected chi connectivity index (χ0v) is 18.6. The van der Waals surface area contributed by atoms with E-state index in [9.17, 15) is 0 Å². The first-order valence-electron chi connectivity index (χ1n) is 11.2. The van der Waals surface area contributed by atoms with E-state index in [1.807, 2.05) is 12.1 Å². The number of benzene rings is 3. The van der Waals surface area contributed by atoms with Gasteiger partial charge >= 0.3 is 0 Å². The van der Waals surface area contributed by atoms with Gasteiger partial charge in [0.2, 0.25) is 0 Å². The quantitative estimate of drug-likeness (QED) is 0.539. The number of hydrogen-bond acceptors (Lipinski definition) is 3. The van der Waals surface area contributed by atoms with Gasteiger partial charge in [-0.1, -0.05) is 78.3 Å². The number of hydrogen-bond donors (Lipinski definition) is 0. The van der Waals surface area contributed by atoms with Crippen LogP contribution >= 0.6 is 11.6 Å². The van der Waals surface area contributed by atoms with Crippen LogP contribution in [0.25, 0.3) is 0 Å². The Balaban J connectivity index is 1.33.